The lowest BCUT2D eigenvalue weighted by Gasteiger charge is -2.42. The highest BCUT2D eigenvalue weighted by Gasteiger charge is 2.37. The normalized spacial score (nSPS) is 17.3. The van der Waals surface area contributed by atoms with E-state index in [2.05, 4.69) is 4.90 Å². The maximum atomic E-state index is 12.9. The van der Waals surface area contributed by atoms with Crippen LogP contribution in [0.5, 0.6) is 5.75 Å². The zero-order valence-electron chi connectivity index (χ0n) is 18.6. The monoisotopic (exact) mass is 416 g/mol. The number of carbonyl (C=O) groups excluding carboxylic acids is 1. The molecule has 1 unspecified atom stereocenters. The van der Waals surface area contributed by atoms with Gasteiger partial charge >= 0.3 is 5.63 Å². The molecule has 1 atom stereocenters. The second kappa shape index (κ2) is 9.18. The second-order valence-electron chi connectivity index (χ2n) is 8.31. The van der Waals surface area contributed by atoms with Crippen LogP contribution in [0.2, 0.25) is 0 Å². The molecule has 1 amide bonds. The summed E-state index contributed by atoms with van der Waals surface area (Å²) in [4.78, 5) is 28.7. The van der Waals surface area contributed by atoms with E-state index < -0.39 is 6.10 Å². The number of nitrogens with zero attached hydrogens (tertiary/aromatic N) is 2. The van der Waals surface area contributed by atoms with Crippen molar-refractivity contribution in [1.82, 2.24) is 9.80 Å². The van der Waals surface area contributed by atoms with Gasteiger partial charge < -0.3 is 23.7 Å². The van der Waals surface area contributed by atoms with Gasteiger partial charge in [0.25, 0.3) is 5.91 Å². The molecule has 0 radical (unpaired) electrons. The van der Waals surface area contributed by atoms with Crippen LogP contribution in [0.25, 0.3) is 11.0 Å². The van der Waals surface area contributed by atoms with Crippen LogP contribution in [-0.4, -0.2) is 68.3 Å². The van der Waals surface area contributed by atoms with Gasteiger partial charge in [-0.3, -0.25) is 4.79 Å². The molecular formula is C23H32N2O5. The van der Waals surface area contributed by atoms with Crippen molar-refractivity contribution in [2.45, 2.75) is 44.8 Å². The number of aryl methyl sites for hydroxylation is 1. The average molecular weight is 417 g/mol. The fraction of sp³-hybridized carbons (Fsp3) is 0.565. The van der Waals surface area contributed by atoms with Crippen LogP contribution in [0.4, 0.5) is 0 Å². The Morgan fingerprint density at radius 1 is 1.27 bits per heavy atom. The first kappa shape index (κ1) is 22.3. The predicted octanol–water partition coefficient (Wildman–Crippen LogP) is 2.69. The first-order valence-corrected chi connectivity index (χ1v) is 10.5. The molecule has 1 saturated heterocycles. The second-order valence-corrected chi connectivity index (χ2v) is 8.31. The Kier molecular flexibility index (Phi) is 6.83. The molecular weight excluding hydrogens is 384 g/mol. The highest BCUT2D eigenvalue weighted by atomic mass is 16.5. The molecule has 7 heteroatoms. The fourth-order valence-electron chi connectivity index (χ4n) is 4.23. The Morgan fingerprint density at radius 3 is 2.57 bits per heavy atom. The van der Waals surface area contributed by atoms with Crippen LogP contribution in [0.15, 0.2) is 33.5 Å². The third-order valence-electron chi connectivity index (χ3n) is 5.87. The van der Waals surface area contributed by atoms with Gasteiger partial charge in [-0.1, -0.05) is 6.92 Å². The topological polar surface area (TPSA) is 72.2 Å². The minimum Gasteiger partial charge on any atom is -0.481 e. The van der Waals surface area contributed by atoms with E-state index >= 15 is 0 Å². The maximum absolute atomic E-state index is 12.9. The number of ether oxygens (including phenoxy) is 2. The molecule has 1 aromatic carbocycles. The van der Waals surface area contributed by atoms with Crippen molar-refractivity contribution >= 4 is 16.9 Å². The quantitative estimate of drug-likeness (QED) is 0.647. The van der Waals surface area contributed by atoms with Gasteiger partial charge in [-0.05, 0) is 58.0 Å². The Morgan fingerprint density at radius 2 is 1.97 bits per heavy atom. The van der Waals surface area contributed by atoms with Gasteiger partial charge in [0.2, 0.25) is 0 Å². The van der Waals surface area contributed by atoms with Crippen LogP contribution in [0.1, 0.15) is 32.3 Å². The Bertz CT molecular complexity index is 944. The van der Waals surface area contributed by atoms with Crippen LogP contribution < -0.4 is 10.4 Å². The van der Waals surface area contributed by atoms with Crippen LogP contribution in [-0.2, 0) is 16.0 Å². The highest BCUT2D eigenvalue weighted by Crippen LogP contribution is 2.28. The summed E-state index contributed by atoms with van der Waals surface area (Å²) in [5.41, 5.74) is 0.818. The van der Waals surface area contributed by atoms with Gasteiger partial charge in [-0.25, -0.2) is 4.79 Å². The van der Waals surface area contributed by atoms with E-state index in [1.165, 1.54) is 6.07 Å². The van der Waals surface area contributed by atoms with Crippen LogP contribution in [0.3, 0.4) is 0 Å². The third kappa shape index (κ3) is 4.84. The number of amides is 1. The van der Waals surface area contributed by atoms with Gasteiger partial charge in [0, 0.05) is 44.3 Å². The Labute approximate surface area is 177 Å². The maximum Gasteiger partial charge on any atom is 0.336 e. The van der Waals surface area contributed by atoms with Crippen molar-refractivity contribution in [3.8, 4) is 5.75 Å². The summed E-state index contributed by atoms with van der Waals surface area (Å²) < 4.78 is 17.0. The summed E-state index contributed by atoms with van der Waals surface area (Å²) in [6, 6.07) is 6.89. The van der Waals surface area contributed by atoms with Gasteiger partial charge in [0.15, 0.2) is 6.10 Å². The van der Waals surface area contributed by atoms with Crippen molar-refractivity contribution in [2.24, 2.45) is 0 Å². The SMILES string of the molecule is CCc1cc(=O)oc2cc(OC(C)C(=O)N3CCC(CN(C)C)(OC)CC3)ccc12. The number of hydrogen-bond acceptors (Lipinski definition) is 6. The van der Waals surface area contributed by atoms with Gasteiger partial charge in [-0.2, -0.15) is 0 Å². The number of likely N-dealkylation sites (tertiary alicyclic amines) is 1. The predicted molar refractivity (Wildman–Crippen MR) is 116 cm³/mol. The molecule has 7 nitrogen and oxygen atoms in total. The molecule has 2 heterocycles. The van der Waals surface area contributed by atoms with Gasteiger partial charge in [-0.15, -0.1) is 0 Å². The fourth-order valence-corrected chi connectivity index (χ4v) is 4.23. The zero-order valence-corrected chi connectivity index (χ0v) is 18.6. The van der Waals surface area contributed by atoms with E-state index in [0.29, 0.717) is 24.4 Å². The molecule has 1 aromatic heterocycles. The third-order valence-corrected chi connectivity index (χ3v) is 5.87. The van der Waals surface area contributed by atoms with Crippen molar-refractivity contribution in [1.29, 1.82) is 0 Å². The largest absolute Gasteiger partial charge is 0.481 e. The van der Waals surface area contributed by atoms with Crippen molar-refractivity contribution in [2.75, 3.05) is 40.8 Å². The summed E-state index contributed by atoms with van der Waals surface area (Å²) in [6.07, 6.45) is 1.69. The number of piperidine rings is 1. The molecule has 0 aliphatic carbocycles. The van der Waals surface area contributed by atoms with Crippen LogP contribution in [0, 0.1) is 0 Å². The number of rotatable bonds is 7. The van der Waals surface area contributed by atoms with E-state index in [1.54, 1.807) is 20.1 Å². The summed E-state index contributed by atoms with van der Waals surface area (Å²) in [7, 11) is 5.81. The van der Waals surface area contributed by atoms with E-state index in [9.17, 15) is 9.59 Å². The average Bonchev–Trinajstić information content (AvgIpc) is 2.72. The lowest BCUT2D eigenvalue weighted by Crippen LogP contribution is -2.54. The highest BCUT2D eigenvalue weighted by molar-refractivity contribution is 5.83. The minimum absolute atomic E-state index is 0.0478. The lowest BCUT2D eigenvalue weighted by molar-refractivity contribution is -0.144. The van der Waals surface area contributed by atoms with Crippen molar-refractivity contribution < 1.29 is 18.7 Å². The zero-order chi connectivity index (χ0) is 21.9. The Hall–Kier alpha value is -2.38. The molecule has 0 spiro atoms. The lowest BCUT2D eigenvalue weighted by atomic mass is 9.90. The molecule has 164 valence electrons. The number of fused-ring (bicyclic) bond motifs is 1. The smallest absolute Gasteiger partial charge is 0.336 e. The first-order chi connectivity index (χ1) is 14.3. The van der Waals surface area contributed by atoms with E-state index in [4.69, 9.17) is 13.9 Å². The molecule has 30 heavy (non-hydrogen) atoms. The first-order valence-electron chi connectivity index (χ1n) is 10.5. The van der Waals surface area contributed by atoms with E-state index in [1.807, 2.05) is 38.1 Å². The molecule has 1 aliphatic heterocycles. The van der Waals surface area contributed by atoms with Crippen molar-refractivity contribution in [3.05, 3.63) is 40.2 Å². The van der Waals surface area contributed by atoms with Crippen LogP contribution >= 0.6 is 0 Å². The molecule has 1 fully saturated rings. The standard InChI is InChI=1S/C23H32N2O5/c1-6-17-13-21(26)30-20-14-18(7-8-19(17)20)29-16(2)22(27)25-11-9-23(28-5,10-12-25)15-24(3)4/h7-8,13-14,16H,6,9-12,15H2,1-5H3. The number of likely N-dealkylation sites (N-methyl/N-ethyl adjacent to an activating group) is 1. The molecule has 0 N–H and O–H groups in total. The molecule has 1 aliphatic rings. The molecule has 3 rings (SSSR count). The summed E-state index contributed by atoms with van der Waals surface area (Å²) in [5, 5.41) is 0.885. The Balaban J connectivity index is 1.67. The summed E-state index contributed by atoms with van der Waals surface area (Å²) in [6.45, 7) is 5.86. The molecule has 0 bridgehead atoms. The number of benzene rings is 1. The minimum atomic E-state index is -0.632. The summed E-state index contributed by atoms with van der Waals surface area (Å²) in [5.74, 6) is 0.462. The van der Waals surface area contributed by atoms with Gasteiger partial charge in [0.1, 0.15) is 11.3 Å². The summed E-state index contributed by atoms with van der Waals surface area (Å²) >= 11 is 0. The molecule has 0 saturated carbocycles. The number of hydrogen-bond donors (Lipinski definition) is 0. The van der Waals surface area contributed by atoms with Crippen molar-refractivity contribution in [3.63, 3.8) is 0 Å². The van der Waals surface area contributed by atoms with E-state index in [0.717, 1.165) is 36.8 Å². The number of methoxy groups -OCH3 is 1. The number of carbonyl (C=O) groups is 1. The molecule has 2 aromatic rings. The van der Waals surface area contributed by atoms with E-state index in [-0.39, 0.29) is 17.1 Å². The van der Waals surface area contributed by atoms with Gasteiger partial charge in [0.05, 0.1) is 5.60 Å².